The van der Waals surface area contributed by atoms with Crippen molar-refractivity contribution in [1.29, 1.82) is 0 Å². The number of hydrogen-bond donors (Lipinski definition) is 1. The van der Waals surface area contributed by atoms with Crippen molar-refractivity contribution in [2.45, 2.75) is 19.8 Å². The van der Waals surface area contributed by atoms with Crippen LogP contribution in [-0.2, 0) is 14.3 Å². The topological polar surface area (TPSA) is 55.4 Å². The van der Waals surface area contributed by atoms with E-state index in [4.69, 9.17) is 4.74 Å². The number of amides is 1. The third-order valence-electron chi connectivity index (χ3n) is 2.07. The van der Waals surface area contributed by atoms with E-state index in [9.17, 15) is 9.59 Å². The van der Waals surface area contributed by atoms with Crippen LogP contribution in [-0.4, -0.2) is 18.5 Å². The van der Waals surface area contributed by atoms with E-state index in [0.717, 1.165) is 8.04 Å². The number of anilines is 1. The molecule has 6 heteroatoms. The van der Waals surface area contributed by atoms with Gasteiger partial charge >= 0.3 is 5.97 Å². The van der Waals surface area contributed by atoms with E-state index in [1.807, 2.05) is 18.2 Å². The fraction of sp³-hybridized carbons (Fsp3) is 0.333. The molecule has 1 aromatic rings. The fourth-order valence-electron chi connectivity index (χ4n) is 1.25. The predicted molar refractivity (Wildman–Crippen MR) is 81.4 cm³/mol. The number of carbonyl (C=O) groups is 2. The summed E-state index contributed by atoms with van der Waals surface area (Å²) >= 11 is 5.56. The molecule has 0 fully saturated rings. The first-order valence-corrected chi connectivity index (χ1v) is 7.30. The molecule has 18 heavy (non-hydrogen) atoms. The average Bonchev–Trinajstić information content (AvgIpc) is 2.31. The van der Waals surface area contributed by atoms with Crippen molar-refractivity contribution in [3.8, 4) is 0 Å². The second-order valence-electron chi connectivity index (χ2n) is 3.48. The van der Waals surface area contributed by atoms with Gasteiger partial charge < -0.3 is 10.1 Å². The van der Waals surface area contributed by atoms with Crippen LogP contribution in [0, 0.1) is 3.57 Å². The van der Waals surface area contributed by atoms with Gasteiger partial charge in [-0.05, 0) is 63.6 Å². The molecule has 0 unspecified atom stereocenters. The highest BCUT2D eigenvalue weighted by Crippen LogP contribution is 2.24. The lowest BCUT2D eigenvalue weighted by molar-refractivity contribution is -0.144. The quantitative estimate of drug-likeness (QED) is 0.581. The Labute approximate surface area is 128 Å². The molecule has 1 rings (SSSR count). The second kappa shape index (κ2) is 7.73. The zero-order valence-corrected chi connectivity index (χ0v) is 13.6. The minimum Gasteiger partial charge on any atom is -0.466 e. The number of rotatable bonds is 5. The minimum absolute atomic E-state index is 0.0989. The molecular weight excluding hydrogens is 413 g/mol. The van der Waals surface area contributed by atoms with Gasteiger partial charge in [-0.15, -0.1) is 0 Å². The SMILES string of the molecule is CCOC(=O)CCC(=O)Nc1ccc(I)cc1Br. The summed E-state index contributed by atoms with van der Waals surface area (Å²) in [6, 6.07) is 5.61. The van der Waals surface area contributed by atoms with Gasteiger partial charge in [-0.3, -0.25) is 9.59 Å². The predicted octanol–water partition coefficient (Wildman–Crippen LogP) is 3.34. The summed E-state index contributed by atoms with van der Waals surface area (Å²) in [6.45, 7) is 2.07. The zero-order valence-electron chi connectivity index (χ0n) is 9.83. The molecule has 0 radical (unpaired) electrons. The first-order chi connectivity index (χ1) is 8.52. The lowest BCUT2D eigenvalue weighted by Gasteiger charge is -2.07. The number of esters is 1. The monoisotopic (exact) mass is 425 g/mol. The van der Waals surface area contributed by atoms with E-state index in [-0.39, 0.29) is 24.7 Å². The first kappa shape index (κ1) is 15.4. The van der Waals surface area contributed by atoms with Crippen LogP contribution in [0.1, 0.15) is 19.8 Å². The summed E-state index contributed by atoms with van der Waals surface area (Å²) < 4.78 is 6.64. The molecule has 1 amide bonds. The highest BCUT2D eigenvalue weighted by molar-refractivity contribution is 14.1. The summed E-state index contributed by atoms with van der Waals surface area (Å²) in [5.74, 6) is -0.556. The molecule has 4 nitrogen and oxygen atoms in total. The van der Waals surface area contributed by atoms with E-state index in [1.54, 1.807) is 6.92 Å². The molecule has 98 valence electrons. The maximum Gasteiger partial charge on any atom is 0.306 e. The molecule has 0 bridgehead atoms. The van der Waals surface area contributed by atoms with E-state index in [0.29, 0.717) is 12.3 Å². The summed E-state index contributed by atoms with van der Waals surface area (Å²) in [7, 11) is 0. The normalized spacial score (nSPS) is 9.94. The van der Waals surface area contributed by atoms with Crippen molar-refractivity contribution >= 4 is 56.1 Å². The molecule has 0 aliphatic rings. The zero-order chi connectivity index (χ0) is 13.5. The molecular formula is C12H13BrINO3. The Kier molecular flexibility index (Phi) is 6.62. The minimum atomic E-state index is -0.352. The molecule has 0 aliphatic carbocycles. The Morgan fingerprint density at radius 2 is 2.11 bits per heavy atom. The van der Waals surface area contributed by atoms with Crippen LogP contribution in [0.25, 0.3) is 0 Å². The summed E-state index contributed by atoms with van der Waals surface area (Å²) in [6.07, 6.45) is 0.221. The van der Waals surface area contributed by atoms with Gasteiger partial charge in [0.05, 0.1) is 18.7 Å². The number of halogens is 2. The lowest BCUT2D eigenvalue weighted by atomic mass is 10.2. The van der Waals surface area contributed by atoms with E-state index < -0.39 is 0 Å². The molecule has 0 saturated carbocycles. The molecule has 1 aromatic carbocycles. The number of ether oxygens (including phenoxy) is 1. The van der Waals surface area contributed by atoms with Crippen LogP contribution >= 0.6 is 38.5 Å². The molecule has 0 spiro atoms. The van der Waals surface area contributed by atoms with Gasteiger partial charge in [0, 0.05) is 14.5 Å². The van der Waals surface area contributed by atoms with Crippen LogP contribution in [0.2, 0.25) is 0 Å². The molecule has 0 atom stereocenters. The van der Waals surface area contributed by atoms with Crippen molar-refractivity contribution in [2.24, 2.45) is 0 Å². The highest BCUT2D eigenvalue weighted by atomic mass is 127. The fourth-order valence-corrected chi connectivity index (χ4v) is 2.65. The van der Waals surface area contributed by atoms with Crippen LogP contribution in [0.4, 0.5) is 5.69 Å². The van der Waals surface area contributed by atoms with E-state index in [2.05, 4.69) is 43.8 Å². The Hall–Kier alpha value is -0.630. The summed E-state index contributed by atoms with van der Waals surface area (Å²) in [4.78, 5) is 22.7. The van der Waals surface area contributed by atoms with Crippen molar-refractivity contribution in [3.63, 3.8) is 0 Å². The van der Waals surface area contributed by atoms with Gasteiger partial charge in [-0.1, -0.05) is 0 Å². The van der Waals surface area contributed by atoms with Gasteiger partial charge in [0.2, 0.25) is 5.91 Å². The number of hydrogen-bond acceptors (Lipinski definition) is 3. The third-order valence-corrected chi connectivity index (χ3v) is 3.39. The molecule has 0 heterocycles. The van der Waals surface area contributed by atoms with Gasteiger partial charge in [0.1, 0.15) is 0 Å². The molecule has 0 saturated heterocycles. The Morgan fingerprint density at radius 1 is 1.39 bits per heavy atom. The maximum atomic E-state index is 11.6. The number of benzene rings is 1. The van der Waals surface area contributed by atoms with Crippen LogP contribution in [0.15, 0.2) is 22.7 Å². The number of nitrogens with one attached hydrogen (secondary N) is 1. The molecule has 0 aromatic heterocycles. The third kappa shape index (κ3) is 5.34. The van der Waals surface area contributed by atoms with Gasteiger partial charge in [-0.2, -0.15) is 0 Å². The van der Waals surface area contributed by atoms with Crippen LogP contribution in [0.3, 0.4) is 0 Å². The van der Waals surface area contributed by atoms with E-state index in [1.165, 1.54) is 0 Å². The number of carbonyl (C=O) groups excluding carboxylic acids is 2. The molecule has 1 N–H and O–H groups in total. The maximum absolute atomic E-state index is 11.6. The van der Waals surface area contributed by atoms with Gasteiger partial charge in [0.25, 0.3) is 0 Å². The Morgan fingerprint density at radius 3 is 2.72 bits per heavy atom. The Balaban J connectivity index is 2.47. The van der Waals surface area contributed by atoms with Gasteiger partial charge in [0.15, 0.2) is 0 Å². The van der Waals surface area contributed by atoms with Crippen LogP contribution < -0.4 is 5.32 Å². The summed E-state index contributed by atoms with van der Waals surface area (Å²) in [5, 5.41) is 2.74. The molecule has 0 aliphatic heterocycles. The van der Waals surface area contributed by atoms with Crippen molar-refractivity contribution in [3.05, 3.63) is 26.2 Å². The highest BCUT2D eigenvalue weighted by Gasteiger charge is 2.09. The van der Waals surface area contributed by atoms with Gasteiger partial charge in [-0.25, -0.2) is 0 Å². The second-order valence-corrected chi connectivity index (χ2v) is 5.58. The van der Waals surface area contributed by atoms with Crippen molar-refractivity contribution in [1.82, 2.24) is 0 Å². The van der Waals surface area contributed by atoms with Crippen LogP contribution in [0.5, 0.6) is 0 Å². The standard InChI is InChI=1S/C12H13BrINO3/c1-2-18-12(17)6-5-11(16)15-10-4-3-8(14)7-9(10)13/h3-4,7H,2,5-6H2,1H3,(H,15,16). The first-order valence-electron chi connectivity index (χ1n) is 5.43. The van der Waals surface area contributed by atoms with Crippen molar-refractivity contribution < 1.29 is 14.3 Å². The Bertz CT molecular complexity index is 451. The average molecular weight is 426 g/mol. The summed E-state index contributed by atoms with van der Waals surface area (Å²) in [5.41, 5.74) is 0.698. The smallest absolute Gasteiger partial charge is 0.306 e. The van der Waals surface area contributed by atoms with E-state index >= 15 is 0 Å². The van der Waals surface area contributed by atoms with Crippen molar-refractivity contribution in [2.75, 3.05) is 11.9 Å². The largest absolute Gasteiger partial charge is 0.466 e. The lowest BCUT2D eigenvalue weighted by Crippen LogP contribution is -2.14.